The van der Waals surface area contributed by atoms with Gasteiger partial charge in [0.05, 0.1) is 23.5 Å². The van der Waals surface area contributed by atoms with Gasteiger partial charge in [-0.2, -0.15) is 12.7 Å². The molecule has 0 aromatic heterocycles. The Morgan fingerprint density at radius 2 is 1.72 bits per heavy atom. The number of piperazine rings is 1. The van der Waals surface area contributed by atoms with Crippen LogP contribution in [-0.2, 0) is 24.3 Å². The molecule has 0 spiro atoms. The summed E-state index contributed by atoms with van der Waals surface area (Å²) >= 11 is 0. The van der Waals surface area contributed by atoms with E-state index >= 15 is 0 Å². The topological polar surface area (TPSA) is 130 Å². The van der Waals surface area contributed by atoms with Crippen LogP contribution in [-0.4, -0.2) is 89.6 Å². The normalized spacial score (nSPS) is 16.2. The highest BCUT2D eigenvalue weighted by atomic mass is 32.2. The maximum absolute atomic E-state index is 13.6. The lowest BCUT2D eigenvalue weighted by Crippen LogP contribution is -2.48. The molecule has 0 saturated carbocycles. The molecule has 1 aromatic carbocycles. The summed E-state index contributed by atoms with van der Waals surface area (Å²) in [6, 6.07) is 2.44. The quantitative estimate of drug-likeness (QED) is 0.256. The summed E-state index contributed by atoms with van der Waals surface area (Å²) in [5.41, 5.74) is 0.464. The molecule has 1 aliphatic rings. The first-order valence-corrected chi connectivity index (χ1v) is 13.8. The van der Waals surface area contributed by atoms with Crippen LogP contribution in [0.3, 0.4) is 0 Å². The Morgan fingerprint density at radius 1 is 1.09 bits per heavy atom. The molecule has 0 aliphatic carbocycles. The second-order valence-electron chi connectivity index (χ2n) is 7.72. The fraction of sp³-hybridized carbons (Fsp3) is 0.684. The van der Waals surface area contributed by atoms with Gasteiger partial charge >= 0.3 is 0 Å². The largest absolute Gasteiger partial charge is 0.368 e. The molecular weight excluding hydrogens is 460 g/mol. The van der Waals surface area contributed by atoms with Gasteiger partial charge in [0.15, 0.2) is 0 Å². The van der Waals surface area contributed by atoms with E-state index < -0.39 is 25.1 Å². The number of nitro benzene ring substituents is 1. The van der Waals surface area contributed by atoms with Crippen molar-refractivity contribution in [2.45, 2.75) is 32.1 Å². The number of hydrogen-bond donors (Lipinski definition) is 0. The van der Waals surface area contributed by atoms with E-state index in [-0.39, 0.29) is 23.7 Å². The molecule has 1 aromatic rings. The highest BCUT2D eigenvalue weighted by molar-refractivity contribution is 7.89. The van der Waals surface area contributed by atoms with Gasteiger partial charge in [-0.25, -0.2) is 8.42 Å². The number of anilines is 1. The molecule has 0 radical (unpaired) electrons. The van der Waals surface area contributed by atoms with Crippen LogP contribution in [0.15, 0.2) is 17.0 Å². The fourth-order valence-electron chi connectivity index (χ4n) is 3.77. The Morgan fingerprint density at radius 3 is 2.22 bits per heavy atom. The van der Waals surface area contributed by atoms with Crippen LogP contribution in [0.1, 0.15) is 25.8 Å². The van der Waals surface area contributed by atoms with Gasteiger partial charge in [0.1, 0.15) is 4.90 Å². The molecule has 2 rings (SSSR count). The van der Waals surface area contributed by atoms with Gasteiger partial charge in [0, 0.05) is 51.4 Å². The zero-order valence-electron chi connectivity index (χ0n) is 19.0. The molecule has 1 saturated heterocycles. The maximum atomic E-state index is 13.6. The number of hydrogen-bond acceptors (Lipinski definition) is 9. The van der Waals surface area contributed by atoms with E-state index in [1.54, 1.807) is 11.8 Å². The number of sulfonamides is 1. The smallest absolute Gasteiger partial charge is 0.271 e. The summed E-state index contributed by atoms with van der Waals surface area (Å²) < 4.78 is 56.1. The Balaban J connectivity index is 2.52. The van der Waals surface area contributed by atoms with E-state index in [1.807, 2.05) is 13.8 Å². The number of non-ortho nitro benzene ring substituents is 1. The standard InChI is InChI=1S/C19H32N4O7S2/c1-5-7-21(12-13-30-31(4,26)27)19-16(3)14-17(23(24)25)15-18(19)32(28,29)22-10-8-20(6-2)9-11-22/h14-15H,5-13H2,1-4H3. The Labute approximate surface area is 190 Å². The van der Waals surface area contributed by atoms with Gasteiger partial charge in [-0.15, -0.1) is 0 Å². The molecule has 1 aliphatic heterocycles. The number of benzene rings is 1. The van der Waals surface area contributed by atoms with Crippen LogP contribution >= 0.6 is 0 Å². The predicted molar refractivity (Wildman–Crippen MR) is 122 cm³/mol. The van der Waals surface area contributed by atoms with Gasteiger partial charge in [0.2, 0.25) is 10.0 Å². The third kappa shape index (κ3) is 6.61. The molecule has 11 nitrogen and oxygen atoms in total. The molecule has 1 fully saturated rings. The zero-order valence-corrected chi connectivity index (χ0v) is 20.6. The molecule has 182 valence electrons. The summed E-state index contributed by atoms with van der Waals surface area (Å²) in [4.78, 5) is 14.6. The van der Waals surface area contributed by atoms with Crippen LogP contribution in [0, 0.1) is 17.0 Å². The molecule has 0 N–H and O–H groups in total. The first-order valence-electron chi connectivity index (χ1n) is 10.5. The van der Waals surface area contributed by atoms with E-state index in [2.05, 4.69) is 4.90 Å². The molecule has 13 heteroatoms. The van der Waals surface area contributed by atoms with Crippen molar-refractivity contribution >= 4 is 31.5 Å². The maximum Gasteiger partial charge on any atom is 0.271 e. The number of likely N-dealkylation sites (N-methyl/N-ethyl adjacent to an activating group) is 1. The van der Waals surface area contributed by atoms with Crippen molar-refractivity contribution in [3.63, 3.8) is 0 Å². The Kier molecular flexibility index (Phi) is 8.99. The van der Waals surface area contributed by atoms with Gasteiger partial charge in [-0.3, -0.25) is 14.3 Å². The lowest BCUT2D eigenvalue weighted by molar-refractivity contribution is -0.385. The molecule has 0 amide bonds. The minimum Gasteiger partial charge on any atom is -0.368 e. The number of rotatable bonds is 11. The van der Waals surface area contributed by atoms with E-state index in [4.69, 9.17) is 4.18 Å². The minimum absolute atomic E-state index is 0.117. The van der Waals surface area contributed by atoms with E-state index in [0.717, 1.165) is 18.9 Å². The van der Waals surface area contributed by atoms with Gasteiger partial charge < -0.3 is 9.80 Å². The Bertz CT molecular complexity index is 1020. The third-order valence-electron chi connectivity index (χ3n) is 5.33. The van der Waals surface area contributed by atoms with Crippen molar-refractivity contribution in [2.75, 3.05) is 63.6 Å². The summed E-state index contributed by atoms with van der Waals surface area (Å²) in [5, 5.41) is 11.5. The van der Waals surface area contributed by atoms with Crippen LogP contribution < -0.4 is 4.90 Å². The predicted octanol–water partition coefficient (Wildman–Crippen LogP) is 1.42. The van der Waals surface area contributed by atoms with Crippen molar-refractivity contribution in [1.82, 2.24) is 9.21 Å². The summed E-state index contributed by atoms with van der Waals surface area (Å²) in [7, 11) is -7.67. The number of nitro groups is 1. The molecule has 0 atom stereocenters. The lowest BCUT2D eigenvalue weighted by atomic mass is 10.1. The first-order chi connectivity index (χ1) is 14.9. The molecule has 0 bridgehead atoms. The molecular formula is C19H32N4O7S2. The van der Waals surface area contributed by atoms with E-state index in [9.17, 15) is 26.9 Å². The van der Waals surface area contributed by atoms with E-state index in [0.29, 0.717) is 50.4 Å². The highest BCUT2D eigenvalue weighted by Gasteiger charge is 2.33. The van der Waals surface area contributed by atoms with Crippen LogP contribution in [0.4, 0.5) is 11.4 Å². The lowest BCUT2D eigenvalue weighted by Gasteiger charge is -2.35. The van der Waals surface area contributed by atoms with E-state index in [1.165, 1.54) is 10.4 Å². The highest BCUT2D eigenvalue weighted by Crippen LogP contribution is 2.35. The molecule has 1 heterocycles. The van der Waals surface area contributed by atoms with Crippen molar-refractivity contribution < 1.29 is 25.9 Å². The van der Waals surface area contributed by atoms with Crippen molar-refractivity contribution in [3.8, 4) is 0 Å². The second kappa shape index (κ2) is 10.9. The summed E-state index contributed by atoms with van der Waals surface area (Å²) in [6.45, 7) is 8.49. The zero-order chi connectivity index (χ0) is 24.1. The van der Waals surface area contributed by atoms with Gasteiger partial charge in [-0.1, -0.05) is 13.8 Å². The minimum atomic E-state index is -4.02. The fourth-order valence-corrected chi connectivity index (χ4v) is 5.87. The SMILES string of the molecule is CCCN(CCOS(C)(=O)=O)c1c(C)cc([N+](=O)[O-])cc1S(=O)(=O)N1CCN(CC)CC1. The summed E-state index contributed by atoms with van der Waals surface area (Å²) in [5.74, 6) is 0. The summed E-state index contributed by atoms with van der Waals surface area (Å²) in [6.07, 6.45) is 1.60. The number of nitrogens with zero attached hydrogens (tertiary/aromatic N) is 4. The third-order valence-corrected chi connectivity index (χ3v) is 7.83. The van der Waals surface area contributed by atoms with Crippen molar-refractivity contribution in [3.05, 3.63) is 27.8 Å². The average molecular weight is 493 g/mol. The average Bonchev–Trinajstić information content (AvgIpc) is 2.71. The van der Waals surface area contributed by atoms with Crippen molar-refractivity contribution in [1.29, 1.82) is 0 Å². The Hall–Kier alpha value is -1.80. The monoisotopic (exact) mass is 492 g/mol. The molecule has 32 heavy (non-hydrogen) atoms. The van der Waals surface area contributed by atoms with Crippen molar-refractivity contribution in [2.24, 2.45) is 0 Å². The first kappa shape index (κ1) is 26.5. The second-order valence-corrected chi connectivity index (χ2v) is 11.3. The molecule has 0 unspecified atom stereocenters. The van der Waals surface area contributed by atoms with Crippen LogP contribution in [0.2, 0.25) is 0 Å². The van der Waals surface area contributed by atoms with Crippen LogP contribution in [0.5, 0.6) is 0 Å². The number of aryl methyl sites for hydroxylation is 1. The van der Waals surface area contributed by atoms with Gasteiger partial charge in [0.25, 0.3) is 15.8 Å². The van der Waals surface area contributed by atoms with Gasteiger partial charge in [-0.05, 0) is 25.5 Å². The van der Waals surface area contributed by atoms with Crippen LogP contribution in [0.25, 0.3) is 0 Å².